The average molecular weight is 355 g/mol. The molecule has 0 spiro atoms. The number of hydrogen-bond donors (Lipinski definition) is 1. The second-order valence-electron chi connectivity index (χ2n) is 7.36. The first kappa shape index (κ1) is 17.8. The molecule has 1 heterocycles. The first-order chi connectivity index (χ1) is 11.6. The van der Waals surface area contributed by atoms with Crippen LogP contribution in [-0.4, -0.2) is 35.0 Å². The molecule has 0 aromatic heterocycles. The van der Waals surface area contributed by atoms with E-state index in [0.717, 1.165) is 12.1 Å². The number of carbonyl (C=O) groups excluding carboxylic acids is 1. The molecule has 0 bridgehead atoms. The van der Waals surface area contributed by atoms with Crippen LogP contribution in [0.25, 0.3) is 0 Å². The number of hydrogen-bond acceptors (Lipinski definition) is 2. The van der Waals surface area contributed by atoms with Crippen molar-refractivity contribution in [2.45, 2.75) is 44.2 Å². The zero-order chi connectivity index (χ0) is 18.5. The molecule has 2 aliphatic rings. The predicted octanol–water partition coefficient (Wildman–Crippen LogP) is 3.45. The van der Waals surface area contributed by atoms with E-state index in [1.165, 1.54) is 11.0 Å². The van der Waals surface area contributed by atoms with Crippen molar-refractivity contribution < 1.29 is 27.9 Å². The van der Waals surface area contributed by atoms with Gasteiger partial charge >= 0.3 is 12.1 Å². The zero-order valence-corrected chi connectivity index (χ0v) is 13.9. The van der Waals surface area contributed by atoms with E-state index in [1.54, 1.807) is 13.0 Å². The van der Waals surface area contributed by atoms with Crippen molar-refractivity contribution >= 4 is 11.9 Å². The highest BCUT2D eigenvalue weighted by molar-refractivity contribution is 5.92. The summed E-state index contributed by atoms with van der Waals surface area (Å²) in [5, 5.41) is 9.40. The molecule has 1 aliphatic carbocycles. The number of carboxylic acid groups (broad SMARTS) is 1. The number of benzene rings is 1. The number of rotatable bonds is 3. The van der Waals surface area contributed by atoms with Gasteiger partial charge in [-0.1, -0.05) is 18.2 Å². The summed E-state index contributed by atoms with van der Waals surface area (Å²) < 4.78 is 38.9. The maximum atomic E-state index is 13.0. The lowest BCUT2D eigenvalue weighted by molar-refractivity contribution is -0.154. The minimum atomic E-state index is -4.46. The molecule has 1 amide bonds. The lowest BCUT2D eigenvalue weighted by atomic mass is 9.81. The maximum Gasteiger partial charge on any atom is 0.416 e. The van der Waals surface area contributed by atoms with E-state index < -0.39 is 28.5 Å². The second-order valence-corrected chi connectivity index (χ2v) is 7.36. The van der Waals surface area contributed by atoms with Crippen molar-refractivity contribution in [3.8, 4) is 0 Å². The summed E-state index contributed by atoms with van der Waals surface area (Å²) in [6.45, 7) is 2.16. The van der Waals surface area contributed by atoms with Crippen molar-refractivity contribution in [3.63, 3.8) is 0 Å². The van der Waals surface area contributed by atoms with Gasteiger partial charge in [0.25, 0.3) is 0 Å². The molecule has 1 aromatic carbocycles. The van der Waals surface area contributed by atoms with Crippen LogP contribution >= 0.6 is 0 Å². The third kappa shape index (κ3) is 3.12. The highest BCUT2D eigenvalue weighted by Gasteiger charge is 2.55. The zero-order valence-electron chi connectivity index (χ0n) is 13.9. The molecule has 1 saturated carbocycles. The Kier molecular flexibility index (Phi) is 4.08. The van der Waals surface area contributed by atoms with Gasteiger partial charge in [0.05, 0.1) is 16.4 Å². The topological polar surface area (TPSA) is 57.6 Å². The van der Waals surface area contributed by atoms with Crippen molar-refractivity contribution in [1.82, 2.24) is 4.90 Å². The number of halogens is 3. The summed E-state index contributed by atoms with van der Waals surface area (Å²) >= 11 is 0. The van der Waals surface area contributed by atoms with Gasteiger partial charge in [0, 0.05) is 13.1 Å². The summed E-state index contributed by atoms with van der Waals surface area (Å²) in [6, 6.07) is 4.92. The largest absolute Gasteiger partial charge is 0.481 e. The third-order valence-corrected chi connectivity index (χ3v) is 5.40. The Hall–Kier alpha value is -2.05. The van der Waals surface area contributed by atoms with E-state index in [9.17, 15) is 27.9 Å². The molecule has 1 aromatic rings. The van der Waals surface area contributed by atoms with Crippen LogP contribution in [0.15, 0.2) is 24.3 Å². The predicted molar refractivity (Wildman–Crippen MR) is 83.9 cm³/mol. The second kappa shape index (κ2) is 5.75. The Morgan fingerprint density at radius 2 is 1.88 bits per heavy atom. The van der Waals surface area contributed by atoms with E-state index in [0.29, 0.717) is 37.8 Å². The van der Waals surface area contributed by atoms with Gasteiger partial charge in [-0.3, -0.25) is 9.59 Å². The van der Waals surface area contributed by atoms with E-state index in [1.807, 2.05) is 0 Å². The van der Waals surface area contributed by atoms with E-state index in [2.05, 4.69) is 0 Å². The van der Waals surface area contributed by atoms with Gasteiger partial charge in [-0.2, -0.15) is 13.2 Å². The lowest BCUT2D eigenvalue weighted by Gasteiger charge is -2.39. The quantitative estimate of drug-likeness (QED) is 0.903. The monoisotopic (exact) mass is 355 g/mol. The van der Waals surface area contributed by atoms with Gasteiger partial charge < -0.3 is 10.0 Å². The third-order valence-electron chi connectivity index (χ3n) is 5.40. The number of piperidine rings is 1. The fourth-order valence-electron chi connectivity index (χ4n) is 3.63. The Morgan fingerprint density at radius 3 is 2.44 bits per heavy atom. The number of alkyl halides is 3. The normalized spacial score (nSPS) is 25.5. The van der Waals surface area contributed by atoms with Crippen LogP contribution in [0.4, 0.5) is 13.2 Å². The summed E-state index contributed by atoms with van der Waals surface area (Å²) in [4.78, 5) is 26.0. The first-order valence-corrected chi connectivity index (χ1v) is 8.29. The molecule has 0 radical (unpaired) electrons. The van der Waals surface area contributed by atoms with Crippen molar-refractivity contribution in [1.29, 1.82) is 0 Å². The SMILES string of the molecule is CC1(C(=O)O)CCCN(C(=O)C2(c3cccc(C(F)(F)F)c3)CC2)C1. The fourth-order valence-corrected chi connectivity index (χ4v) is 3.63. The smallest absolute Gasteiger partial charge is 0.416 e. The number of carboxylic acids is 1. The molecular weight excluding hydrogens is 335 g/mol. The number of carbonyl (C=O) groups is 2. The molecule has 2 fully saturated rings. The first-order valence-electron chi connectivity index (χ1n) is 8.29. The van der Waals surface area contributed by atoms with Gasteiger partial charge in [0.1, 0.15) is 0 Å². The molecule has 1 unspecified atom stereocenters. The van der Waals surface area contributed by atoms with Crippen LogP contribution in [-0.2, 0) is 21.2 Å². The summed E-state index contributed by atoms with van der Waals surface area (Å²) in [5.74, 6) is -1.20. The molecule has 3 rings (SSSR count). The molecule has 1 saturated heterocycles. The highest BCUT2D eigenvalue weighted by atomic mass is 19.4. The number of amides is 1. The Labute approximate surface area is 143 Å². The molecule has 1 aliphatic heterocycles. The summed E-state index contributed by atoms with van der Waals surface area (Å²) in [7, 11) is 0. The van der Waals surface area contributed by atoms with Crippen LogP contribution in [0.3, 0.4) is 0 Å². The van der Waals surface area contributed by atoms with Gasteiger partial charge in [-0.05, 0) is 44.2 Å². The Bertz CT molecular complexity index is 712. The van der Waals surface area contributed by atoms with E-state index >= 15 is 0 Å². The van der Waals surface area contributed by atoms with Crippen LogP contribution in [0, 0.1) is 5.41 Å². The molecular formula is C18H20F3NO3. The summed E-state index contributed by atoms with van der Waals surface area (Å²) in [5.41, 5.74) is -2.33. The van der Waals surface area contributed by atoms with Crippen LogP contribution in [0.2, 0.25) is 0 Å². The van der Waals surface area contributed by atoms with Gasteiger partial charge in [-0.15, -0.1) is 0 Å². The van der Waals surface area contributed by atoms with Crippen LogP contribution in [0.5, 0.6) is 0 Å². The minimum Gasteiger partial charge on any atom is -0.481 e. The molecule has 1 atom stereocenters. The van der Waals surface area contributed by atoms with Crippen LogP contribution in [0.1, 0.15) is 43.7 Å². The summed E-state index contributed by atoms with van der Waals surface area (Å²) in [6.07, 6.45) is -2.40. The number of nitrogens with zero attached hydrogens (tertiary/aromatic N) is 1. The van der Waals surface area contributed by atoms with Crippen LogP contribution < -0.4 is 0 Å². The van der Waals surface area contributed by atoms with E-state index in [4.69, 9.17) is 0 Å². The molecule has 136 valence electrons. The Morgan fingerprint density at radius 1 is 1.20 bits per heavy atom. The standard InChI is InChI=1S/C18H20F3NO3/c1-16(15(24)25)6-3-9-22(11-16)14(23)17(7-8-17)12-4-2-5-13(10-12)18(19,20)21/h2,4-5,10H,3,6-9,11H2,1H3,(H,24,25). The number of likely N-dealkylation sites (tertiary alicyclic amines) is 1. The van der Waals surface area contributed by atoms with Gasteiger partial charge in [0.15, 0.2) is 0 Å². The fraction of sp³-hybridized carbons (Fsp3) is 0.556. The minimum absolute atomic E-state index is 0.0991. The van der Waals surface area contributed by atoms with Gasteiger partial charge in [0.2, 0.25) is 5.91 Å². The van der Waals surface area contributed by atoms with Crippen molar-refractivity contribution in [2.75, 3.05) is 13.1 Å². The highest BCUT2D eigenvalue weighted by Crippen LogP contribution is 2.51. The van der Waals surface area contributed by atoms with Crippen molar-refractivity contribution in [2.24, 2.45) is 5.41 Å². The lowest BCUT2D eigenvalue weighted by Crippen LogP contribution is -2.51. The average Bonchev–Trinajstić information content (AvgIpc) is 3.35. The van der Waals surface area contributed by atoms with E-state index in [-0.39, 0.29) is 12.5 Å². The van der Waals surface area contributed by atoms with Crippen molar-refractivity contribution in [3.05, 3.63) is 35.4 Å². The number of aliphatic carboxylic acids is 1. The molecule has 7 heteroatoms. The molecule has 1 N–H and O–H groups in total. The Balaban J connectivity index is 1.86. The molecule has 25 heavy (non-hydrogen) atoms. The maximum absolute atomic E-state index is 13.0. The van der Waals surface area contributed by atoms with Gasteiger partial charge in [-0.25, -0.2) is 0 Å². The molecule has 4 nitrogen and oxygen atoms in total.